The monoisotopic (exact) mass is 243 g/mol. The number of nitrogens with zero attached hydrogens (tertiary/aromatic N) is 4. The minimum absolute atomic E-state index is 0.287. The molecule has 0 spiro atoms. The molecule has 18 heavy (non-hydrogen) atoms. The van der Waals surface area contributed by atoms with Gasteiger partial charge in [-0.05, 0) is 12.1 Å². The van der Waals surface area contributed by atoms with Crippen molar-refractivity contribution in [3.05, 3.63) is 36.5 Å². The van der Waals surface area contributed by atoms with Crippen molar-refractivity contribution in [1.29, 1.82) is 0 Å². The van der Waals surface area contributed by atoms with E-state index in [0.717, 1.165) is 0 Å². The lowest BCUT2D eigenvalue weighted by Crippen LogP contribution is -1.92. The first-order valence-corrected chi connectivity index (χ1v) is 5.26. The van der Waals surface area contributed by atoms with Crippen LogP contribution in [0.15, 0.2) is 39.7 Å². The van der Waals surface area contributed by atoms with E-state index in [1.165, 1.54) is 0 Å². The molecule has 0 amide bonds. The van der Waals surface area contributed by atoms with Crippen LogP contribution in [0.5, 0.6) is 0 Å². The van der Waals surface area contributed by atoms with Gasteiger partial charge in [-0.15, -0.1) is 0 Å². The average Bonchev–Trinajstić information content (AvgIpc) is 3.08. The molecule has 3 heterocycles. The van der Waals surface area contributed by atoms with Gasteiger partial charge in [0, 0.05) is 12.4 Å². The molecule has 0 fully saturated rings. The fourth-order valence-electron chi connectivity index (χ4n) is 1.44. The standard InChI is InChI=1S/C11H9N5O2/c12-5-7-1-2-9(17-7)11-15-10(16-18-11)8-6-13-3-4-14-8/h1-4,6H,5,12H2. The fraction of sp³-hybridized carbons (Fsp3) is 0.0909. The smallest absolute Gasteiger partial charge is 0.293 e. The van der Waals surface area contributed by atoms with Crippen LogP contribution in [0, 0.1) is 0 Å². The summed E-state index contributed by atoms with van der Waals surface area (Å²) in [4.78, 5) is 12.2. The van der Waals surface area contributed by atoms with E-state index in [-0.39, 0.29) is 5.89 Å². The minimum Gasteiger partial charge on any atom is -0.455 e. The molecule has 7 nitrogen and oxygen atoms in total. The molecular weight excluding hydrogens is 234 g/mol. The molecule has 0 saturated heterocycles. The molecule has 0 aliphatic carbocycles. The fourth-order valence-corrected chi connectivity index (χ4v) is 1.44. The van der Waals surface area contributed by atoms with E-state index >= 15 is 0 Å². The predicted octanol–water partition coefficient (Wildman–Crippen LogP) is 1.25. The molecule has 0 bridgehead atoms. The Morgan fingerprint density at radius 1 is 1.22 bits per heavy atom. The van der Waals surface area contributed by atoms with Gasteiger partial charge in [0.2, 0.25) is 5.82 Å². The summed E-state index contributed by atoms with van der Waals surface area (Å²) < 4.78 is 10.5. The van der Waals surface area contributed by atoms with E-state index in [1.54, 1.807) is 30.7 Å². The van der Waals surface area contributed by atoms with Crippen molar-refractivity contribution >= 4 is 0 Å². The summed E-state index contributed by atoms with van der Waals surface area (Å²) in [5, 5.41) is 3.82. The summed E-state index contributed by atoms with van der Waals surface area (Å²) >= 11 is 0. The van der Waals surface area contributed by atoms with E-state index in [0.29, 0.717) is 29.6 Å². The average molecular weight is 243 g/mol. The highest BCUT2D eigenvalue weighted by Gasteiger charge is 2.14. The van der Waals surface area contributed by atoms with E-state index in [1.807, 2.05) is 0 Å². The Morgan fingerprint density at radius 2 is 2.17 bits per heavy atom. The van der Waals surface area contributed by atoms with Crippen LogP contribution >= 0.6 is 0 Å². The molecule has 0 atom stereocenters. The third kappa shape index (κ3) is 1.87. The lowest BCUT2D eigenvalue weighted by Gasteiger charge is -1.89. The molecule has 3 aromatic heterocycles. The van der Waals surface area contributed by atoms with Crippen LogP contribution in [0.3, 0.4) is 0 Å². The van der Waals surface area contributed by atoms with Crippen LogP contribution in [0.25, 0.3) is 23.2 Å². The highest BCUT2D eigenvalue weighted by Crippen LogP contribution is 2.22. The molecule has 3 aromatic rings. The summed E-state index contributed by atoms with van der Waals surface area (Å²) in [5.74, 6) is 1.79. The number of furan rings is 1. The van der Waals surface area contributed by atoms with E-state index in [2.05, 4.69) is 20.1 Å². The molecule has 7 heteroatoms. The topological polar surface area (TPSA) is 104 Å². The maximum absolute atomic E-state index is 5.46. The van der Waals surface area contributed by atoms with Gasteiger partial charge in [0.1, 0.15) is 11.5 Å². The molecule has 0 radical (unpaired) electrons. The molecule has 90 valence electrons. The van der Waals surface area contributed by atoms with Gasteiger partial charge < -0.3 is 14.7 Å². The molecule has 0 aliphatic heterocycles. The Hall–Kier alpha value is -2.54. The van der Waals surface area contributed by atoms with Gasteiger partial charge >= 0.3 is 0 Å². The highest BCUT2D eigenvalue weighted by atomic mass is 16.5. The molecule has 0 aliphatic rings. The normalized spacial score (nSPS) is 10.7. The van der Waals surface area contributed by atoms with Crippen LogP contribution in [0.2, 0.25) is 0 Å². The van der Waals surface area contributed by atoms with Gasteiger partial charge in [-0.3, -0.25) is 4.98 Å². The summed E-state index contributed by atoms with van der Waals surface area (Å²) in [6, 6.07) is 3.50. The lowest BCUT2D eigenvalue weighted by molar-refractivity contribution is 0.412. The summed E-state index contributed by atoms with van der Waals surface area (Å²) in [6.07, 6.45) is 4.69. The SMILES string of the molecule is NCc1ccc(-c2nc(-c3cnccn3)no2)o1. The second kappa shape index (κ2) is 4.38. The Kier molecular flexibility index (Phi) is 2.58. The van der Waals surface area contributed by atoms with Crippen LogP contribution < -0.4 is 5.73 Å². The van der Waals surface area contributed by atoms with Crippen molar-refractivity contribution in [1.82, 2.24) is 20.1 Å². The van der Waals surface area contributed by atoms with Crippen molar-refractivity contribution in [2.45, 2.75) is 6.54 Å². The van der Waals surface area contributed by atoms with Crippen molar-refractivity contribution in [2.75, 3.05) is 0 Å². The summed E-state index contributed by atoms with van der Waals surface area (Å²) in [6.45, 7) is 0.325. The second-order valence-electron chi connectivity index (χ2n) is 3.48. The molecule has 0 unspecified atom stereocenters. The van der Waals surface area contributed by atoms with E-state index < -0.39 is 0 Å². The van der Waals surface area contributed by atoms with Gasteiger partial charge in [-0.1, -0.05) is 5.16 Å². The first-order chi connectivity index (χ1) is 8.86. The van der Waals surface area contributed by atoms with Crippen LogP contribution in [0.1, 0.15) is 5.76 Å². The molecule has 3 rings (SSSR count). The maximum atomic E-state index is 5.46. The number of hydrogen-bond acceptors (Lipinski definition) is 7. The summed E-state index contributed by atoms with van der Waals surface area (Å²) in [7, 11) is 0. The number of aromatic nitrogens is 4. The quantitative estimate of drug-likeness (QED) is 0.737. The zero-order valence-corrected chi connectivity index (χ0v) is 9.28. The zero-order valence-electron chi connectivity index (χ0n) is 9.28. The first-order valence-electron chi connectivity index (χ1n) is 5.26. The molecule has 0 aromatic carbocycles. The van der Waals surface area contributed by atoms with Gasteiger partial charge in [0.05, 0.1) is 12.7 Å². The van der Waals surface area contributed by atoms with Crippen molar-refractivity contribution < 1.29 is 8.94 Å². The van der Waals surface area contributed by atoms with E-state index in [4.69, 9.17) is 14.7 Å². The highest BCUT2D eigenvalue weighted by molar-refractivity contribution is 5.52. The Morgan fingerprint density at radius 3 is 2.89 bits per heavy atom. The first kappa shape index (κ1) is 10.6. The number of nitrogens with two attached hydrogens (primary N) is 1. The number of rotatable bonds is 3. The Labute approximate surface area is 102 Å². The Balaban J connectivity index is 1.94. The molecular formula is C11H9N5O2. The van der Waals surface area contributed by atoms with Gasteiger partial charge in [-0.2, -0.15) is 4.98 Å². The van der Waals surface area contributed by atoms with Gasteiger partial charge in [0.25, 0.3) is 5.89 Å². The maximum Gasteiger partial charge on any atom is 0.293 e. The molecule has 2 N–H and O–H groups in total. The van der Waals surface area contributed by atoms with E-state index in [9.17, 15) is 0 Å². The van der Waals surface area contributed by atoms with Crippen LogP contribution in [0.4, 0.5) is 0 Å². The zero-order chi connectivity index (χ0) is 12.4. The minimum atomic E-state index is 0.287. The number of hydrogen-bond donors (Lipinski definition) is 1. The van der Waals surface area contributed by atoms with Crippen molar-refractivity contribution in [2.24, 2.45) is 5.73 Å². The lowest BCUT2D eigenvalue weighted by atomic mass is 10.4. The predicted molar refractivity (Wildman–Crippen MR) is 60.9 cm³/mol. The van der Waals surface area contributed by atoms with Gasteiger partial charge in [0.15, 0.2) is 5.76 Å². The largest absolute Gasteiger partial charge is 0.455 e. The molecule has 0 saturated carbocycles. The third-order valence-corrected chi connectivity index (χ3v) is 2.29. The van der Waals surface area contributed by atoms with Crippen LogP contribution in [-0.2, 0) is 6.54 Å². The van der Waals surface area contributed by atoms with Gasteiger partial charge in [-0.25, -0.2) is 4.98 Å². The summed E-state index contributed by atoms with van der Waals surface area (Å²) in [5.41, 5.74) is 6.00. The Bertz CT molecular complexity index is 646. The van der Waals surface area contributed by atoms with Crippen molar-refractivity contribution in [3.63, 3.8) is 0 Å². The second-order valence-corrected chi connectivity index (χ2v) is 3.48. The van der Waals surface area contributed by atoms with Crippen molar-refractivity contribution in [3.8, 4) is 23.2 Å². The third-order valence-electron chi connectivity index (χ3n) is 2.29. The van der Waals surface area contributed by atoms with Crippen LogP contribution in [-0.4, -0.2) is 20.1 Å².